The number of para-hydroxylation sites is 1. The maximum absolute atomic E-state index is 13.8. The number of methoxy groups -OCH3 is 1. The van der Waals surface area contributed by atoms with Crippen LogP contribution in [0.5, 0.6) is 5.75 Å². The van der Waals surface area contributed by atoms with E-state index in [1.165, 1.54) is 15.9 Å². The molecule has 0 aliphatic rings. The van der Waals surface area contributed by atoms with Gasteiger partial charge in [0.1, 0.15) is 11.6 Å². The molecule has 1 aromatic heterocycles. The third-order valence-corrected chi connectivity index (χ3v) is 8.72. The first-order valence-corrected chi connectivity index (χ1v) is 13.6. The Morgan fingerprint density at radius 2 is 1.59 bits per heavy atom. The molecule has 0 saturated carbocycles. The zero-order valence-corrected chi connectivity index (χ0v) is 23.1. The second-order valence-corrected chi connectivity index (χ2v) is 12.2. The fourth-order valence-corrected chi connectivity index (χ4v) is 5.62. The number of hydrogen-bond donors (Lipinski definition) is 0. The molecule has 4 aromatic rings. The summed E-state index contributed by atoms with van der Waals surface area (Å²) in [5, 5.41) is 0.468. The van der Waals surface area contributed by atoms with Gasteiger partial charge in [-0.2, -0.15) is 4.31 Å². The fourth-order valence-electron chi connectivity index (χ4n) is 4.29. The number of rotatable bonds is 6. The standard InChI is InChI=1S/C29H33N3O4S/c1-19-9-8-10-25-26(19)30-27(32(28(25)33)22-13-15-23(36-7)16-14-22)20(2)31(6)37(34,35)24-17-11-21(12-18-24)29(3,4)5/h8-18,20H,1-7H3. The topological polar surface area (TPSA) is 81.5 Å². The predicted molar refractivity (Wildman–Crippen MR) is 147 cm³/mol. The zero-order valence-electron chi connectivity index (χ0n) is 22.3. The summed E-state index contributed by atoms with van der Waals surface area (Å²) in [6.07, 6.45) is 0. The van der Waals surface area contributed by atoms with Gasteiger partial charge in [0.25, 0.3) is 5.56 Å². The van der Waals surface area contributed by atoms with Gasteiger partial charge in [-0.25, -0.2) is 13.4 Å². The van der Waals surface area contributed by atoms with E-state index in [1.807, 2.05) is 31.2 Å². The van der Waals surface area contributed by atoms with Crippen molar-refractivity contribution in [3.63, 3.8) is 0 Å². The average Bonchev–Trinajstić information content (AvgIpc) is 2.88. The van der Waals surface area contributed by atoms with Crippen LogP contribution in [-0.4, -0.2) is 36.4 Å². The van der Waals surface area contributed by atoms with Crippen LogP contribution in [0.15, 0.2) is 76.4 Å². The molecule has 0 radical (unpaired) electrons. The van der Waals surface area contributed by atoms with Crippen molar-refractivity contribution in [2.75, 3.05) is 14.2 Å². The highest BCUT2D eigenvalue weighted by Gasteiger charge is 2.30. The third kappa shape index (κ3) is 4.91. The largest absolute Gasteiger partial charge is 0.497 e. The lowest BCUT2D eigenvalue weighted by molar-refractivity contribution is 0.379. The van der Waals surface area contributed by atoms with Gasteiger partial charge in [0.2, 0.25) is 10.0 Å². The summed E-state index contributed by atoms with van der Waals surface area (Å²) in [5.41, 5.74) is 2.66. The van der Waals surface area contributed by atoms with Crippen molar-refractivity contribution in [1.82, 2.24) is 13.9 Å². The molecule has 8 heteroatoms. The van der Waals surface area contributed by atoms with E-state index in [2.05, 4.69) is 20.8 Å². The van der Waals surface area contributed by atoms with Crippen LogP contribution in [0, 0.1) is 6.92 Å². The molecule has 0 fully saturated rings. The smallest absolute Gasteiger partial charge is 0.266 e. The van der Waals surface area contributed by atoms with E-state index in [0.29, 0.717) is 28.2 Å². The van der Waals surface area contributed by atoms with Crippen molar-refractivity contribution in [3.8, 4) is 11.4 Å². The van der Waals surface area contributed by atoms with Crippen molar-refractivity contribution < 1.29 is 13.2 Å². The Kier molecular flexibility index (Phi) is 7.01. The Morgan fingerprint density at radius 3 is 2.16 bits per heavy atom. The van der Waals surface area contributed by atoms with Crippen molar-refractivity contribution in [3.05, 3.63) is 94.0 Å². The summed E-state index contributed by atoms with van der Waals surface area (Å²) in [6, 6.07) is 18.7. The number of benzene rings is 3. The second-order valence-electron chi connectivity index (χ2n) is 10.3. The molecule has 0 saturated heterocycles. The summed E-state index contributed by atoms with van der Waals surface area (Å²) in [5.74, 6) is 0.976. The molecule has 1 heterocycles. The Bertz CT molecular complexity index is 1600. The predicted octanol–water partition coefficient (Wildman–Crippen LogP) is 5.38. The molecule has 0 spiro atoms. The van der Waals surface area contributed by atoms with Crippen molar-refractivity contribution >= 4 is 20.9 Å². The minimum atomic E-state index is -3.88. The summed E-state index contributed by atoms with van der Waals surface area (Å²) in [7, 11) is -0.786. The number of sulfonamides is 1. The normalized spacial score (nSPS) is 13.2. The van der Waals surface area contributed by atoms with Crippen LogP contribution in [0.25, 0.3) is 16.6 Å². The van der Waals surface area contributed by atoms with E-state index in [0.717, 1.165) is 11.1 Å². The van der Waals surface area contributed by atoms with E-state index >= 15 is 0 Å². The van der Waals surface area contributed by atoms with Crippen molar-refractivity contribution in [2.24, 2.45) is 0 Å². The highest BCUT2D eigenvalue weighted by atomic mass is 32.2. The number of fused-ring (bicyclic) bond motifs is 1. The van der Waals surface area contributed by atoms with E-state index < -0.39 is 16.1 Å². The van der Waals surface area contributed by atoms with Gasteiger partial charge in [-0.3, -0.25) is 9.36 Å². The summed E-state index contributed by atoms with van der Waals surface area (Å²) in [4.78, 5) is 18.8. The average molecular weight is 520 g/mol. The molecule has 0 N–H and O–H groups in total. The van der Waals surface area contributed by atoms with Gasteiger partial charge >= 0.3 is 0 Å². The lowest BCUT2D eigenvalue weighted by Crippen LogP contribution is -2.35. The van der Waals surface area contributed by atoms with E-state index in [-0.39, 0.29) is 15.9 Å². The SMILES string of the molecule is COc1ccc(-n2c(C(C)N(C)S(=O)(=O)c3ccc(C(C)(C)C)cc3)nc3c(C)cccc3c2=O)cc1. The molecule has 7 nitrogen and oxygen atoms in total. The van der Waals surface area contributed by atoms with Crippen LogP contribution >= 0.6 is 0 Å². The first kappa shape index (κ1) is 26.6. The summed E-state index contributed by atoms with van der Waals surface area (Å²) >= 11 is 0. The Labute approximate surface area is 218 Å². The van der Waals surface area contributed by atoms with Gasteiger partial charge in [-0.05, 0) is 72.9 Å². The van der Waals surface area contributed by atoms with Gasteiger partial charge in [0.05, 0.1) is 34.6 Å². The van der Waals surface area contributed by atoms with Crippen LogP contribution in [0.1, 0.15) is 50.7 Å². The van der Waals surface area contributed by atoms with Crippen LogP contribution in [0.2, 0.25) is 0 Å². The molecule has 0 aliphatic carbocycles. The van der Waals surface area contributed by atoms with Crippen LogP contribution in [-0.2, 0) is 15.4 Å². The molecule has 37 heavy (non-hydrogen) atoms. The minimum absolute atomic E-state index is 0.0945. The highest BCUT2D eigenvalue weighted by molar-refractivity contribution is 7.89. The van der Waals surface area contributed by atoms with Crippen LogP contribution < -0.4 is 10.3 Å². The van der Waals surface area contributed by atoms with Gasteiger partial charge in [0.15, 0.2) is 0 Å². The molecule has 3 aromatic carbocycles. The van der Waals surface area contributed by atoms with Gasteiger partial charge in [-0.1, -0.05) is 45.0 Å². The van der Waals surface area contributed by atoms with Gasteiger partial charge < -0.3 is 4.74 Å². The lowest BCUT2D eigenvalue weighted by Gasteiger charge is -2.27. The molecule has 0 amide bonds. The summed E-state index contributed by atoms with van der Waals surface area (Å²) in [6.45, 7) is 9.87. The Balaban J connectivity index is 1.87. The molecular weight excluding hydrogens is 486 g/mol. The second kappa shape index (κ2) is 9.76. The van der Waals surface area contributed by atoms with Crippen LogP contribution in [0.3, 0.4) is 0 Å². The van der Waals surface area contributed by atoms with E-state index in [9.17, 15) is 13.2 Å². The first-order chi connectivity index (χ1) is 17.4. The highest BCUT2D eigenvalue weighted by Crippen LogP contribution is 2.29. The van der Waals surface area contributed by atoms with Crippen molar-refractivity contribution in [1.29, 1.82) is 0 Å². The molecule has 194 valence electrons. The number of aromatic nitrogens is 2. The maximum atomic E-state index is 13.8. The molecular formula is C29H33N3O4S. The molecule has 0 aliphatic heterocycles. The minimum Gasteiger partial charge on any atom is -0.497 e. The van der Waals surface area contributed by atoms with Gasteiger partial charge in [-0.15, -0.1) is 0 Å². The fraction of sp³-hybridized carbons (Fsp3) is 0.310. The molecule has 0 bridgehead atoms. The lowest BCUT2D eigenvalue weighted by atomic mass is 9.87. The third-order valence-electron chi connectivity index (χ3n) is 6.77. The van der Waals surface area contributed by atoms with E-state index in [1.54, 1.807) is 56.5 Å². The monoisotopic (exact) mass is 519 g/mol. The van der Waals surface area contributed by atoms with Crippen LogP contribution in [0.4, 0.5) is 0 Å². The molecule has 1 unspecified atom stereocenters. The summed E-state index contributed by atoms with van der Waals surface area (Å²) < 4.78 is 35.3. The maximum Gasteiger partial charge on any atom is 0.266 e. The zero-order chi connectivity index (χ0) is 27.1. The van der Waals surface area contributed by atoms with Gasteiger partial charge in [0, 0.05) is 7.05 Å². The molecule has 4 rings (SSSR count). The molecule has 1 atom stereocenters. The Morgan fingerprint density at radius 1 is 0.973 bits per heavy atom. The Hall–Kier alpha value is -3.49. The van der Waals surface area contributed by atoms with Crippen molar-refractivity contribution in [2.45, 2.75) is 51.0 Å². The number of ether oxygens (including phenoxy) is 1. The number of aryl methyl sites for hydroxylation is 1. The van der Waals surface area contributed by atoms with E-state index in [4.69, 9.17) is 9.72 Å². The quantitative estimate of drug-likeness (QED) is 0.342. The number of nitrogens with zero attached hydrogens (tertiary/aromatic N) is 3. The number of hydrogen-bond acceptors (Lipinski definition) is 5. The first-order valence-electron chi connectivity index (χ1n) is 12.1.